The fourth-order valence-corrected chi connectivity index (χ4v) is 7.48. The Morgan fingerprint density at radius 3 is 1.74 bits per heavy atom. The molecule has 0 N–H and O–H groups in total. The summed E-state index contributed by atoms with van der Waals surface area (Å²) >= 11 is 0. The molecule has 3 aliphatic rings. The van der Waals surface area contributed by atoms with Crippen LogP contribution in [0.25, 0.3) is 0 Å². The van der Waals surface area contributed by atoms with Crippen molar-refractivity contribution in [1.29, 1.82) is 0 Å². The van der Waals surface area contributed by atoms with E-state index in [-0.39, 0.29) is 17.5 Å². The van der Waals surface area contributed by atoms with Crippen LogP contribution < -0.4 is 0 Å². The standard InChI is InChI=1S/C31H22O3/c1-34-31-23-17-9-8-16-22(23)26-29(24-18-10-11-19-25(24)31,27(32)20-12-4-2-5-13-20)30(26,31)28(33)21-14-6-3-7-15-21/h2-19,26H,1H3. The molecule has 0 amide bonds. The van der Waals surface area contributed by atoms with Crippen LogP contribution in [0.2, 0.25) is 0 Å². The van der Waals surface area contributed by atoms with Crippen LogP contribution >= 0.6 is 0 Å². The highest BCUT2D eigenvalue weighted by atomic mass is 16.5. The summed E-state index contributed by atoms with van der Waals surface area (Å²) in [6.07, 6.45) is 0. The number of carbonyl (C=O) groups excluding carboxylic acids is 2. The highest BCUT2D eigenvalue weighted by Gasteiger charge is 2.98. The van der Waals surface area contributed by atoms with Gasteiger partial charge >= 0.3 is 0 Å². The number of carbonyl (C=O) groups is 2. The summed E-state index contributed by atoms with van der Waals surface area (Å²) in [5, 5.41) is 0. The summed E-state index contributed by atoms with van der Waals surface area (Å²) < 4.78 is 6.48. The number of ketones is 2. The maximum atomic E-state index is 14.7. The van der Waals surface area contributed by atoms with E-state index in [9.17, 15) is 9.59 Å². The molecule has 0 bridgehead atoms. The fourth-order valence-electron chi connectivity index (χ4n) is 7.48. The van der Waals surface area contributed by atoms with Crippen LogP contribution in [0.1, 0.15) is 48.9 Å². The van der Waals surface area contributed by atoms with Crippen molar-refractivity contribution in [2.24, 2.45) is 5.41 Å². The molecule has 34 heavy (non-hydrogen) atoms. The van der Waals surface area contributed by atoms with Crippen LogP contribution in [0.5, 0.6) is 0 Å². The molecule has 4 aromatic rings. The minimum Gasteiger partial charge on any atom is -0.368 e. The number of hydrogen-bond donors (Lipinski definition) is 0. The zero-order chi connectivity index (χ0) is 23.1. The van der Waals surface area contributed by atoms with E-state index in [1.165, 1.54) is 0 Å². The van der Waals surface area contributed by atoms with Crippen LogP contribution in [0, 0.1) is 5.41 Å². The molecule has 0 aliphatic heterocycles. The van der Waals surface area contributed by atoms with E-state index in [1.807, 2.05) is 97.1 Å². The van der Waals surface area contributed by atoms with Gasteiger partial charge in [0.25, 0.3) is 0 Å². The number of fused-ring (bicyclic) bond motifs is 7. The van der Waals surface area contributed by atoms with Gasteiger partial charge in [0.05, 0.1) is 10.8 Å². The van der Waals surface area contributed by atoms with Gasteiger partial charge in [0.15, 0.2) is 11.6 Å². The summed E-state index contributed by atoms with van der Waals surface area (Å²) in [5.41, 5.74) is 1.99. The van der Waals surface area contributed by atoms with Gasteiger partial charge in [-0.15, -0.1) is 0 Å². The van der Waals surface area contributed by atoms with E-state index in [0.29, 0.717) is 11.1 Å². The first kappa shape index (κ1) is 19.6. The average Bonchev–Trinajstić information content (AvgIpc) is 3.40. The molecule has 4 aromatic carbocycles. The molecule has 3 nitrogen and oxygen atoms in total. The molecule has 0 spiro atoms. The lowest BCUT2D eigenvalue weighted by Crippen LogP contribution is -2.44. The van der Waals surface area contributed by atoms with Gasteiger partial charge in [0.2, 0.25) is 0 Å². The maximum Gasteiger partial charge on any atom is 0.175 e. The third kappa shape index (κ3) is 1.81. The molecule has 0 aromatic heterocycles. The molecule has 1 fully saturated rings. The predicted molar refractivity (Wildman–Crippen MR) is 129 cm³/mol. The topological polar surface area (TPSA) is 43.4 Å². The smallest absolute Gasteiger partial charge is 0.175 e. The van der Waals surface area contributed by atoms with Crippen LogP contribution in [0.3, 0.4) is 0 Å². The van der Waals surface area contributed by atoms with E-state index in [4.69, 9.17) is 4.74 Å². The van der Waals surface area contributed by atoms with Gasteiger partial charge in [-0.3, -0.25) is 9.59 Å². The van der Waals surface area contributed by atoms with Gasteiger partial charge in [0, 0.05) is 24.2 Å². The van der Waals surface area contributed by atoms with Gasteiger partial charge in [-0.1, -0.05) is 109 Å². The van der Waals surface area contributed by atoms with Crippen molar-refractivity contribution >= 4 is 11.6 Å². The summed E-state index contributed by atoms with van der Waals surface area (Å²) in [6.45, 7) is 0. The van der Waals surface area contributed by atoms with Crippen molar-refractivity contribution in [3.63, 3.8) is 0 Å². The van der Waals surface area contributed by atoms with Gasteiger partial charge in [-0.05, 0) is 22.3 Å². The monoisotopic (exact) mass is 442 g/mol. The average molecular weight is 443 g/mol. The van der Waals surface area contributed by atoms with E-state index in [2.05, 4.69) is 12.1 Å². The summed E-state index contributed by atoms with van der Waals surface area (Å²) in [5.74, 6) is -0.327. The molecule has 0 saturated heterocycles. The van der Waals surface area contributed by atoms with E-state index in [0.717, 1.165) is 22.3 Å². The zero-order valence-electron chi connectivity index (χ0n) is 18.7. The Hall–Kier alpha value is -3.82. The van der Waals surface area contributed by atoms with Crippen molar-refractivity contribution in [3.8, 4) is 0 Å². The summed E-state index contributed by atoms with van der Waals surface area (Å²) in [4.78, 5) is 29.2. The summed E-state index contributed by atoms with van der Waals surface area (Å²) in [6, 6.07) is 34.9. The molecule has 0 radical (unpaired) electrons. The van der Waals surface area contributed by atoms with Crippen LogP contribution in [0.15, 0.2) is 109 Å². The molecule has 4 atom stereocenters. The Bertz CT molecular complexity index is 1490. The zero-order valence-corrected chi connectivity index (χ0v) is 18.7. The molecule has 1 saturated carbocycles. The van der Waals surface area contributed by atoms with Crippen molar-refractivity contribution in [2.75, 3.05) is 7.11 Å². The largest absolute Gasteiger partial charge is 0.368 e. The highest BCUT2D eigenvalue weighted by molar-refractivity contribution is 6.22. The van der Waals surface area contributed by atoms with E-state index >= 15 is 0 Å². The lowest BCUT2D eigenvalue weighted by Gasteiger charge is -2.36. The van der Waals surface area contributed by atoms with Crippen molar-refractivity contribution in [2.45, 2.75) is 16.9 Å². The third-order valence-electron chi connectivity index (χ3n) is 8.44. The minimum atomic E-state index is -1.07. The SMILES string of the molecule is COC12c3ccccc3C3C(C(=O)c4ccccc4)(c4ccccc41)C32C(=O)c1ccccc1. The first-order valence-corrected chi connectivity index (χ1v) is 11.6. The van der Waals surface area contributed by atoms with Crippen LogP contribution in [-0.4, -0.2) is 18.7 Å². The molecule has 4 unspecified atom stereocenters. The number of Topliss-reactive ketones (excluding diaryl/α,β-unsaturated/α-hetero) is 2. The second-order valence-corrected chi connectivity index (χ2v) is 9.46. The Kier molecular flexibility index (Phi) is 3.69. The lowest BCUT2D eigenvalue weighted by atomic mass is 9.72. The fraction of sp³-hybridized carbons (Fsp3) is 0.161. The Labute approximate surface area is 198 Å². The molecular formula is C31H22O3. The number of ether oxygens (including phenoxy) is 1. The number of hydrogen-bond acceptors (Lipinski definition) is 3. The van der Waals surface area contributed by atoms with E-state index < -0.39 is 16.4 Å². The quantitative estimate of drug-likeness (QED) is 0.373. The van der Waals surface area contributed by atoms with Crippen molar-refractivity contribution in [1.82, 2.24) is 0 Å². The number of benzene rings is 4. The molecule has 3 aliphatic carbocycles. The van der Waals surface area contributed by atoms with Crippen LogP contribution in [-0.2, 0) is 15.8 Å². The lowest BCUT2D eigenvalue weighted by molar-refractivity contribution is -0.0252. The second-order valence-electron chi connectivity index (χ2n) is 9.46. The Balaban J connectivity index is 1.62. The number of methoxy groups -OCH3 is 1. The normalized spacial score (nSPS) is 29.1. The molecule has 164 valence electrons. The number of rotatable bonds is 5. The van der Waals surface area contributed by atoms with Gasteiger partial charge < -0.3 is 4.74 Å². The van der Waals surface area contributed by atoms with Crippen molar-refractivity contribution < 1.29 is 14.3 Å². The third-order valence-corrected chi connectivity index (χ3v) is 8.44. The molecule has 3 heteroatoms. The molecule has 7 rings (SSSR count). The molecule has 0 heterocycles. The first-order valence-electron chi connectivity index (χ1n) is 11.6. The highest BCUT2D eigenvalue weighted by Crippen LogP contribution is 2.92. The van der Waals surface area contributed by atoms with E-state index in [1.54, 1.807) is 7.11 Å². The Morgan fingerprint density at radius 1 is 0.618 bits per heavy atom. The minimum absolute atomic E-state index is 0.0109. The maximum absolute atomic E-state index is 14.7. The van der Waals surface area contributed by atoms with Gasteiger partial charge in [-0.2, -0.15) is 0 Å². The van der Waals surface area contributed by atoms with Gasteiger partial charge in [-0.25, -0.2) is 0 Å². The van der Waals surface area contributed by atoms with Crippen molar-refractivity contribution in [3.05, 3.63) is 143 Å². The van der Waals surface area contributed by atoms with Crippen LogP contribution in [0.4, 0.5) is 0 Å². The molecular weight excluding hydrogens is 420 g/mol. The predicted octanol–water partition coefficient (Wildman–Crippen LogP) is 5.69. The van der Waals surface area contributed by atoms with Gasteiger partial charge in [0.1, 0.15) is 5.60 Å². The second kappa shape index (κ2) is 6.40. The summed E-state index contributed by atoms with van der Waals surface area (Å²) in [7, 11) is 1.68. The first-order chi connectivity index (χ1) is 16.7. The Morgan fingerprint density at radius 2 is 1.12 bits per heavy atom.